The number of benzene rings is 2. The molecule has 2 amide bonds. The van der Waals surface area contributed by atoms with Gasteiger partial charge in [-0.15, -0.1) is 0 Å². The van der Waals surface area contributed by atoms with Crippen molar-refractivity contribution in [3.8, 4) is 5.75 Å². The van der Waals surface area contributed by atoms with Crippen LogP contribution in [0.15, 0.2) is 48.5 Å². The maximum atomic E-state index is 12.8. The molecule has 0 saturated heterocycles. The lowest BCUT2D eigenvalue weighted by atomic mass is 10.1. The number of hydrazine groups is 1. The molecule has 28 heavy (non-hydrogen) atoms. The summed E-state index contributed by atoms with van der Waals surface area (Å²) in [6.07, 6.45) is 2.75. The first kappa shape index (κ1) is 21.0. The molecule has 0 bridgehead atoms. The van der Waals surface area contributed by atoms with E-state index in [0.29, 0.717) is 11.3 Å². The standard InChI is InChI=1S/C20H20FN3O3S/c1-13-3-9-17(14(2)11-13)27-12-19(26)23-24-20(28)22-18(25)10-6-15-4-7-16(21)8-5-15/h3-11H,12H2,1-2H3,(H,23,26)(H2,22,24,25,28)/b10-6+. The molecular weight excluding hydrogens is 381 g/mol. The van der Waals surface area contributed by atoms with E-state index in [0.717, 1.165) is 11.1 Å². The molecule has 0 aliphatic carbocycles. The molecule has 0 saturated carbocycles. The van der Waals surface area contributed by atoms with Gasteiger partial charge in [0.1, 0.15) is 11.6 Å². The summed E-state index contributed by atoms with van der Waals surface area (Å²) >= 11 is 4.93. The van der Waals surface area contributed by atoms with E-state index in [2.05, 4.69) is 16.2 Å². The third-order valence-electron chi connectivity index (χ3n) is 3.54. The highest BCUT2D eigenvalue weighted by molar-refractivity contribution is 7.80. The summed E-state index contributed by atoms with van der Waals surface area (Å²) in [5.41, 5.74) is 7.44. The Labute approximate surface area is 167 Å². The number of ether oxygens (including phenoxy) is 1. The van der Waals surface area contributed by atoms with E-state index in [4.69, 9.17) is 17.0 Å². The molecule has 2 rings (SSSR count). The summed E-state index contributed by atoms with van der Waals surface area (Å²) < 4.78 is 18.3. The molecular formula is C20H20FN3O3S. The number of thiocarbonyl (C=S) groups is 1. The first-order valence-electron chi connectivity index (χ1n) is 8.37. The van der Waals surface area contributed by atoms with Crippen LogP contribution in [0.2, 0.25) is 0 Å². The predicted molar refractivity (Wildman–Crippen MR) is 109 cm³/mol. The van der Waals surface area contributed by atoms with E-state index in [1.54, 1.807) is 6.07 Å². The fourth-order valence-corrected chi connectivity index (χ4v) is 2.35. The molecule has 6 nitrogen and oxygen atoms in total. The van der Waals surface area contributed by atoms with Gasteiger partial charge in [0, 0.05) is 6.08 Å². The Balaban J connectivity index is 1.71. The zero-order chi connectivity index (χ0) is 20.5. The van der Waals surface area contributed by atoms with Gasteiger partial charge in [0.05, 0.1) is 0 Å². The number of hydrogen-bond donors (Lipinski definition) is 3. The molecule has 0 spiro atoms. The van der Waals surface area contributed by atoms with Gasteiger partial charge < -0.3 is 4.74 Å². The Morgan fingerprint density at radius 3 is 2.50 bits per heavy atom. The maximum absolute atomic E-state index is 12.8. The number of hydrogen-bond acceptors (Lipinski definition) is 4. The van der Waals surface area contributed by atoms with Crippen molar-refractivity contribution < 1.29 is 18.7 Å². The van der Waals surface area contributed by atoms with Crippen LogP contribution in [0.25, 0.3) is 6.08 Å². The lowest BCUT2D eigenvalue weighted by molar-refractivity contribution is -0.123. The molecule has 3 N–H and O–H groups in total. The normalized spacial score (nSPS) is 10.4. The molecule has 0 fully saturated rings. The van der Waals surface area contributed by atoms with E-state index in [1.165, 1.54) is 36.4 Å². The van der Waals surface area contributed by atoms with Gasteiger partial charge in [0.25, 0.3) is 5.91 Å². The van der Waals surface area contributed by atoms with Crippen molar-refractivity contribution in [2.24, 2.45) is 0 Å². The predicted octanol–water partition coefficient (Wildman–Crippen LogP) is 2.56. The van der Waals surface area contributed by atoms with E-state index in [-0.39, 0.29) is 17.5 Å². The van der Waals surface area contributed by atoms with Crippen molar-refractivity contribution in [2.75, 3.05) is 6.61 Å². The van der Waals surface area contributed by atoms with Crippen molar-refractivity contribution in [2.45, 2.75) is 13.8 Å². The van der Waals surface area contributed by atoms with Gasteiger partial charge in [0.15, 0.2) is 11.7 Å². The number of rotatable bonds is 5. The van der Waals surface area contributed by atoms with Gasteiger partial charge in [0.2, 0.25) is 5.91 Å². The third kappa shape index (κ3) is 7.16. The largest absolute Gasteiger partial charge is 0.483 e. The number of halogens is 1. The first-order chi connectivity index (χ1) is 13.3. The van der Waals surface area contributed by atoms with Crippen molar-refractivity contribution in [3.63, 3.8) is 0 Å². The van der Waals surface area contributed by atoms with Crippen LogP contribution >= 0.6 is 12.2 Å². The van der Waals surface area contributed by atoms with Crippen LogP contribution < -0.4 is 20.9 Å². The van der Waals surface area contributed by atoms with Gasteiger partial charge in [-0.25, -0.2) is 4.39 Å². The zero-order valence-corrected chi connectivity index (χ0v) is 16.2. The second-order valence-corrected chi connectivity index (χ2v) is 6.34. The lowest BCUT2D eigenvalue weighted by Gasteiger charge is -2.12. The smallest absolute Gasteiger partial charge is 0.276 e. The van der Waals surface area contributed by atoms with Gasteiger partial charge in [-0.3, -0.25) is 25.8 Å². The van der Waals surface area contributed by atoms with Crippen LogP contribution in [0.3, 0.4) is 0 Å². The summed E-state index contributed by atoms with van der Waals surface area (Å²) in [7, 11) is 0. The minimum Gasteiger partial charge on any atom is -0.483 e. The SMILES string of the molecule is Cc1ccc(OCC(=O)NNC(=S)NC(=O)/C=C/c2ccc(F)cc2)c(C)c1. The number of nitrogens with one attached hydrogen (secondary N) is 3. The zero-order valence-electron chi connectivity index (χ0n) is 15.4. The first-order valence-corrected chi connectivity index (χ1v) is 8.78. The second-order valence-electron chi connectivity index (χ2n) is 5.93. The third-order valence-corrected chi connectivity index (χ3v) is 3.74. The molecule has 2 aromatic rings. The topological polar surface area (TPSA) is 79.5 Å². The second kappa shape index (κ2) is 10.2. The van der Waals surface area contributed by atoms with Crippen molar-refractivity contribution >= 4 is 35.2 Å². The highest BCUT2D eigenvalue weighted by Crippen LogP contribution is 2.18. The maximum Gasteiger partial charge on any atom is 0.276 e. The molecule has 0 aliphatic rings. The van der Waals surface area contributed by atoms with Crippen LogP contribution in [-0.4, -0.2) is 23.5 Å². The highest BCUT2D eigenvalue weighted by atomic mass is 32.1. The van der Waals surface area contributed by atoms with Crippen LogP contribution in [-0.2, 0) is 9.59 Å². The molecule has 146 valence electrons. The molecule has 0 unspecified atom stereocenters. The van der Waals surface area contributed by atoms with Gasteiger partial charge >= 0.3 is 0 Å². The number of carbonyl (C=O) groups is 2. The van der Waals surface area contributed by atoms with Crippen LogP contribution in [0, 0.1) is 19.7 Å². The van der Waals surface area contributed by atoms with Gasteiger partial charge in [-0.05, 0) is 61.5 Å². The minimum atomic E-state index is -0.498. The van der Waals surface area contributed by atoms with E-state index < -0.39 is 11.8 Å². The molecule has 2 aromatic carbocycles. The highest BCUT2D eigenvalue weighted by Gasteiger charge is 2.06. The summed E-state index contributed by atoms with van der Waals surface area (Å²) in [6, 6.07) is 11.3. The van der Waals surface area contributed by atoms with E-state index in [1.807, 2.05) is 26.0 Å². The molecule has 0 aliphatic heterocycles. The fourth-order valence-electron chi connectivity index (χ4n) is 2.20. The number of carbonyl (C=O) groups excluding carboxylic acids is 2. The average molecular weight is 401 g/mol. The lowest BCUT2D eigenvalue weighted by Crippen LogP contribution is -2.49. The number of amides is 2. The van der Waals surface area contributed by atoms with Gasteiger partial charge in [-0.2, -0.15) is 0 Å². The van der Waals surface area contributed by atoms with Crippen molar-refractivity contribution in [1.82, 2.24) is 16.2 Å². The Morgan fingerprint density at radius 2 is 1.82 bits per heavy atom. The van der Waals surface area contributed by atoms with Crippen molar-refractivity contribution in [3.05, 3.63) is 71.0 Å². The summed E-state index contributed by atoms with van der Waals surface area (Å²) in [5, 5.41) is 2.30. The minimum absolute atomic E-state index is 0.0753. The van der Waals surface area contributed by atoms with E-state index >= 15 is 0 Å². The fraction of sp³-hybridized carbons (Fsp3) is 0.150. The molecule has 0 radical (unpaired) electrons. The van der Waals surface area contributed by atoms with E-state index in [9.17, 15) is 14.0 Å². The summed E-state index contributed by atoms with van der Waals surface area (Å²) in [4.78, 5) is 23.6. The summed E-state index contributed by atoms with van der Waals surface area (Å²) in [5.74, 6) is -0.701. The Morgan fingerprint density at radius 1 is 1.11 bits per heavy atom. The Kier molecular flexibility index (Phi) is 7.65. The Hall–Kier alpha value is -3.26. The van der Waals surface area contributed by atoms with Gasteiger partial charge in [-0.1, -0.05) is 29.8 Å². The molecule has 0 aromatic heterocycles. The number of aryl methyl sites for hydroxylation is 2. The monoisotopic (exact) mass is 401 g/mol. The van der Waals surface area contributed by atoms with Crippen LogP contribution in [0.5, 0.6) is 5.75 Å². The Bertz CT molecular complexity index is 898. The summed E-state index contributed by atoms with van der Waals surface area (Å²) in [6.45, 7) is 3.65. The molecule has 8 heteroatoms. The quantitative estimate of drug-likeness (QED) is 0.408. The van der Waals surface area contributed by atoms with Crippen molar-refractivity contribution in [1.29, 1.82) is 0 Å². The molecule has 0 atom stereocenters. The van der Waals surface area contributed by atoms with Crippen LogP contribution in [0.1, 0.15) is 16.7 Å². The van der Waals surface area contributed by atoms with Crippen LogP contribution in [0.4, 0.5) is 4.39 Å². The molecule has 0 heterocycles. The average Bonchev–Trinajstić information content (AvgIpc) is 2.65.